The van der Waals surface area contributed by atoms with Crippen LogP contribution in [0.2, 0.25) is 0 Å². The Balaban J connectivity index is 1.20. The van der Waals surface area contributed by atoms with E-state index in [0.29, 0.717) is 12.1 Å². The third-order valence-corrected chi connectivity index (χ3v) is 7.63. The van der Waals surface area contributed by atoms with Crippen molar-refractivity contribution in [2.75, 3.05) is 26.2 Å². The second-order valence-corrected chi connectivity index (χ2v) is 9.72. The van der Waals surface area contributed by atoms with Crippen LogP contribution in [0.15, 0.2) is 0 Å². The van der Waals surface area contributed by atoms with E-state index in [2.05, 4.69) is 20.4 Å². The van der Waals surface area contributed by atoms with Gasteiger partial charge in [0.1, 0.15) is 0 Å². The summed E-state index contributed by atoms with van der Waals surface area (Å²) in [7, 11) is 0. The lowest BCUT2D eigenvalue weighted by Crippen LogP contribution is -2.48. The van der Waals surface area contributed by atoms with Crippen molar-refractivity contribution >= 4 is 11.8 Å². The quantitative estimate of drug-likeness (QED) is 0.652. The maximum Gasteiger partial charge on any atom is 0.237 e. The van der Waals surface area contributed by atoms with Crippen LogP contribution < -0.4 is 10.6 Å². The summed E-state index contributed by atoms with van der Waals surface area (Å²) in [5.74, 6) is 0.508. The summed E-state index contributed by atoms with van der Waals surface area (Å²) in [6, 6.07) is 0.952. The van der Waals surface area contributed by atoms with Gasteiger partial charge >= 0.3 is 0 Å². The second-order valence-electron chi connectivity index (χ2n) is 9.72. The van der Waals surface area contributed by atoms with E-state index in [-0.39, 0.29) is 23.9 Å². The average Bonchev–Trinajstić information content (AvgIpc) is 3.50. The lowest BCUT2D eigenvalue weighted by Gasteiger charge is -2.28. The molecule has 6 nitrogen and oxygen atoms in total. The molecular formula is C23H40N4O2. The van der Waals surface area contributed by atoms with Crippen LogP contribution in [0.3, 0.4) is 0 Å². The molecule has 0 radical (unpaired) electrons. The summed E-state index contributed by atoms with van der Waals surface area (Å²) in [5, 5.41) is 6.59. The Bertz CT molecular complexity index is 509. The van der Waals surface area contributed by atoms with Crippen LogP contribution in [-0.2, 0) is 9.59 Å². The Morgan fingerprint density at radius 1 is 0.621 bits per heavy atom. The van der Waals surface area contributed by atoms with Crippen LogP contribution in [0.5, 0.6) is 0 Å². The standard InChI is InChI=1S/C23H40N4O2/c28-22(24-18-8-1-2-9-18)20-12-5-14-26(20)16-7-17-27-15-6-13-21(27)23(29)25-19-10-3-4-11-19/h18-21H,1-17H2,(H,24,28)(H,25,29)/t20-,21-/m0/s1. The molecule has 4 fully saturated rings. The van der Waals surface area contributed by atoms with Gasteiger partial charge in [-0.25, -0.2) is 0 Å². The Morgan fingerprint density at radius 3 is 1.45 bits per heavy atom. The van der Waals surface area contributed by atoms with Crippen molar-refractivity contribution in [2.45, 2.75) is 108 Å². The third kappa shape index (κ3) is 5.52. The molecule has 2 heterocycles. The van der Waals surface area contributed by atoms with E-state index in [1.807, 2.05) is 0 Å². The Hall–Kier alpha value is -1.14. The van der Waals surface area contributed by atoms with Gasteiger partial charge in [-0.2, -0.15) is 0 Å². The van der Waals surface area contributed by atoms with Gasteiger partial charge in [0.15, 0.2) is 0 Å². The van der Waals surface area contributed by atoms with Crippen molar-refractivity contribution in [3.63, 3.8) is 0 Å². The number of rotatable bonds is 8. The summed E-state index contributed by atoms with van der Waals surface area (Å²) in [6.07, 6.45) is 14.9. The molecule has 2 saturated carbocycles. The first-order valence-corrected chi connectivity index (χ1v) is 12.3. The van der Waals surface area contributed by atoms with E-state index in [1.165, 1.54) is 25.7 Å². The van der Waals surface area contributed by atoms with Gasteiger partial charge in [-0.05, 0) is 70.9 Å². The zero-order valence-electron chi connectivity index (χ0n) is 18.0. The Morgan fingerprint density at radius 2 is 1.03 bits per heavy atom. The maximum absolute atomic E-state index is 12.7. The number of nitrogens with zero attached hydrogens (tertiary/aromatic N) is 2. The molecule has 0 aromatic carbocycles. The summed E-state index contributed by atoms with van der Waals surface area (Å²) in [4.78, 5) is 30.2. The predicted octanol–water partition coefficient (Wildman–Crippen LogP) is 2.42. The highest BCUT2D eigenvalue weighted by Gasteiger charge is 2.34. The first-order valence-electron chi connectivity index (χ1n) is 12.3. The molecule has 2 aliphatic heterocycles. The highest BCUT2D eigenvalue weighted by Crippen LogP contribution is 2.23. The van der Waals surface area contributed by atoms with Gasteiger partial charge in [-0.1, -0.05) is 25.7 Å². The highest BCUT2D eigenvalue weighted by molar-refractivity contribution is 5.82. The van der Waals surface area contributed by atoms with Crippen molar-refractivity contribution in [1.82, 2.24) is 20.4 Å². The molecule has 4 rings (SSSR count). The number of nitrogens with one attached hydrogen (secondary N) is 2. The maximum atomic E-state index is 12.7. The van der Waals surface area contributed by atoms with Gasteiger partial charge in [-0.3, -0.25) is 19.4 Å². The molecule has 2 atom stereocenters. The third-order valence-electron chi connectivity index (χ3n) is 7.63. The Kier molecular flexibility index (Phi) is 7.46. The fourth-order valence-corrected chi connectivity index (χ4v) is 5.99. The molecule has 0 unspecified atom stereocenters. The number of hydrogen-bond acceptors (Lipinski definition) is 4. The molecule has 6 heteroatoms. The molecular weight excluding hydrogens is 364 g/mol. The largest absolute Gasteiger partial charge is 0.352 e. The van der Waals surface area contributed by atoms with E-state index in [0.717, 1.165) is 84.0 Å². The Labute approximate surface area is 176 Å². The average molecular weight is 405 g/mol. The lowest BCUT2D eigenvalue weighted by atomic mass is 10.1. The lowest BCUT2D eigenvalue weighted by molar-refractivity contribution is -0.126. The van der Waals surface area contributed by atoms with Gasteiger partial charge in [0, 0.05) is 25.2 Å². The van der Waals surface area contributed by atoms with Crippen LogP contribution >= 0.6 is 0 Å². The van der Waals surface area contributed by atoms with E-state index < -0.39 is 0 Å². The SMILES string of the molecule is O=C(NC1CCCC1)[C@@H]1CCCN1CCCN1CCC[C@H]1C(=O)NC1CCCC1. The van der Waals surface area contributed by atoms with E-state index in [4.69, 9.17) is 0 Å². The molecule has 2 N–H and O–H groups in total. The summed E-state index contributed by atoms with van der Waals surface area (Å²) < 4.78 is 0. The second kappa shape index (κ2) is 10.3. The fourth-order valence-electron chi connectivity index (χ4n) is 5.99. The molecule has 0 spiro atoms. The van der Waals surface area contributed by atoms with Crippen LogP contribution in [0.4, 0.5) is 0 Å². The molecule has 0 aromatic heterocycles. The van der Waals surface area contributed by atoms with Gasteiger partial charge < -0.3 is 10.6 Å². The number of amides is 2. The normalized spacial score (nSPS) is 29.7. The zero-order chi connectivity index (χ0) is 20.1. The molecule has 0 bridgehead atoms. The van der Waals surface area contributed by atoms with E-state index in [9.17, 15) is 9.59 Å². The number of hydrogen-bond donors (Lipinski definition) is 2. The van der Waals surface area contributed by atoms with Crippen molar-refractivity contribution in [2.24, 2.45) is 0 Å². The number of likely N-dealkylation sites (tertiary alicyclic amines) is 2. The van der Waals surface area contributed by atoms with Gasteiger partial charge in [0.2, 0.25) is 11.8 Å². The highest BCUT2D eigenvalue weighted by atomic mass is 16.2. The molecule has 0 aromatic rings. The van der Waals surface area contributed by atoms with Crippen LogP contribution in [0.25, 0.3) is 0 Å². The first-order chi connectivity index (χ1) is 14.2. The summed E-state index contributed by atoms with van der Waals surface area (Å²) in [5.41, 5.74) is 0. The first kappa shape index (κ1) is 21.1. The monoisotopic (exact) mass is 404 g/mol. The minimum absolute atomic E-state index is 0.0654. The van der Waals surface area contributed by atoms with Crippen LogP contribution in [-0.4, -0.2) is 72.0 Å². The topological polar surface area (TPSA) is 64.7 Å². The molecule has 29 heavy (non-hydrogen) atoms. The van der Waals surface area contributed by atoms with Crippen LogP contribution in [0.1, 0.15) is 83.5 Å². The van der Waals surface area contributed by atoms with Gasteiger partial charge in [0.25, 0.3) is 0 Å². The van der Waals surface area contributed by atoms with Crippen molar-refractivity contribution in [1.29, 1.82) is 0 Å². The summed E-state index contributed by atoms with van der Waals surface area (Å²) >= 11 is 0. The predicted molar refractivity (Wildman–Crippen MR) is 115 cm³/mol. The minimum Gasteiger partial charge on any atom is -0.352 e. The van der Waals surface area contributed by atoms with E-state index in [1.54, 1.807) is 0 Å². The molecule has 2 amide bonds. The van der Waals surface area contributed by atoms with Crippen molar-refractivity contribution in [3.05, 3.63) is 0 Å². The molecule has 2 aliphatic carbocycles. The smallest absolute Gasteiger partial charge is 0.237 e. The molecule has 4 aliphatic rings. The molecule has 2 saturated heterocycles. The van der Waals surface area contributed by atoms with Crippen molar-refractivity contribution < 1.29 is 9.59 Å². The van der Waals surface area contributed by atoms with Gasteiger partial charge in [-0.15, -0.1) is 0 Å². The van der Waals surface area contributed by atoms with Gasteiger partial charge in [0.05, 0.1) is 12.1 Å². The zero-order valence-corrected chi connectivity index (χ0v) is 18.0. The molecule has 164 valence electrons. The van der Waals surface area contributed by atoms with Crippen molar-refractivity contribution in [3.8, 4) is 0 Å². The van der Waals surface area contributed by atoms with E-state index >= 15 is 0 Å². The minimum atomic E-state index is 0.0654. The number of carbonyl (C=O) groups is 2. The number of carbonyl (C=O) groups excluding carboxylic acids is 2. The summed E-state index contributed by atoms with van der Waals surface area (Å²) in [6.45, 7) is 4.01. The fraction of sp³-hybridized carbons (Fsp3) is 0.913. The van der Waals surface area contributed by atoms with Crippen LogP contribution in [0, 0.1) is 0 Å².